The summed E-state index contributed by atoms with van der Waals surface area (Å²) in [5, 5.41) is 16.3. The maximum Gasteiger partial charge on any atom is 0.227 e. The first-order valence-electron chi connectivity index (χ1n) is 7.47. The minimum atomic E-state index is -0.914. The topological polar surface area (TPSA) is 78.4 Å². The third kappa shape index (κ3) is 4.71. The predicted octanol–water partition coefficient (Wildman–Crippen LogP) is 3.32. The Labute approximate surface area is 135 Å². The lowest BCUT2D eigenvalue weighted by molar-refractivity contribution is -0.122. The van der Waals surface area contributed by atoms with Gasteiger partial charge in [-0.2, -0.15) is 0 Å². The largest absolute Gasteiger partial charge is 0.389 e. The fourth-order valence-electron chi connectivity index (χ4n) is 2.80. The van der Waals surface area contributed by atoms with Gasteiger partial charge in [0.2, 0.25) is 11.8 Å². The van der Waals surface area contributed by atoms with Crippen LogP contribution in [0.25, 0.3) is 0 Å². The molecule has 1 aromatic carbocycles. The number of benzene rings is 1. The molecule has 1 aliphatic rings. The predicted molar refractivity (Wildman–Crippen MR) is 87.0 cm³/mol. The average Bonchev–Trinajstić information content (AvgIpc) is 2.41. The molecular formula is C16H21ClN2O3. The van der Waals surface area contributed by atoms with Crippen LogP contribution in [0, 0.1) is 0 Å². The zero-order valence-electron chi connectivity index (χ0n) is 12.6. The summed E-state index contributed by atoms with van der Waals surface area (Å²) in [5.74, 6) is -0.512. The third-order valence-corrected chi connectivity index (χ3v) is 4.08. The van der Waals surface area contributed by atoms with E-state index in [9.17, 15) is 14.7 Å². The lowest BCUT2D eigenvalue weighted by Crippen LogP contribution is -2.36. The Bertz CT molecular complexity index is 569. The number of carbonyl (C=O) groups is 2. The molecule has 0 atom stereocenters. The second-order valence-electron chi connectivity index (χ2n) is 5.88. The van der Waals surface area contributed by atoms with E-state index >= 15 is 0 Å². The number of hydrogen-bond acceptors (Lipinski definition) is 3. The summed E-state index contributed by atoms with van der Waals surface area (Å²) in [6, 6.07) is 4.85. The first kappa shape index (κ1) is 16.8. The molecule has 0 bridgehead atoms. The molecule has 0 spiro atoms. The minimum absolute atomic E-state index is 0.0646. The standard InChI is InChI=1S/C16H21ClN2O3/c1-11(20)18-14-9-12(17)5-6-13(14)19-15(21)10-16(22)7-3-2-4-8-16/h5-6,9,22H,2-4,7-8,10H2,1H3,(H,18,20)(H,19,21). The first-order valence-corrected chi connectivity index (χ1v) is 7.85. The molecule has 0 unspecified atom stereocenters. The van der Waals surface area contributed by atoms with Crippen molar-refractivity contribution < 1.29 is 14.7 Å². The van der Waals surface area contributed by atoms with Gasteiger partial charge >= 0.3 is 0 Å². The number of aliphatic hydroxyl groups is 1. The van der Waals surface area contributed by atoms with Gasteiger partial charge in [0, 0.05) is 11.9 Å². The molecule has 2 amide bonds. The molecular weight excluding hydrogens is 304 g/mol. The van der Waals surface area contributed by atoms with Crippen molar-refractivity contribution in [3.05, 3.63) is 23.2 Å². The van der Waals surface area contributed by atoms with Gasteiger partial charge in [-0.05, 0) is 31.0 Å². The molecule has 22 heavy (non-hydrogen) atoms. The lowest BCUT2D eigenvalue weighted by Gasteiger charge is -2.31. The van der Waals surface area contributed by atoms with E-state index in [0.29, 0.717) is 29.2 Å². The van der Waals surface area contributed by atoms with E-state index in [1.165, 1.54) is 6.92 Å². The van der Waals surface area contributed by atoms with E-state index in [1.807, 2.05) is 0 Å². The van der Waals surface area contributed by atoms with Gasteiger partial charge < -0.3 is 15.7 Å². The quantitative estimate of drug-likeness (QED) is 0.795. The Morgan fingerprint density at radius 1 is 1.18 bits per heavy atom. The summed E-state index contributed by atoms with van der Waals surface area (Å²) in [5.41, 5.74) is 0.0103. The van der Waals surface area contributed by atoms with Crippen molar-refractivity contribution >= 4 is 34.8 Å². The summed E-state index contributed by atoms with van der Waals surface area (Å²) in [4.78, 5) is 23.4. The molecule has 0 radical (unpaired) electrons. The fourth-order valence-corrected chi connectivity index (χ4v) is 2.97. The van der Waals surface area contributed by atoms with Crippen LogP contribution in [0.1, 0.15) is 45.4 Å². The van der Waals surface area contributed by atoms with E-state index in [2.05, 4.69) is 10.6 Å². The highest BCUT2D eigenvalue weighted by atomic mass is 35.5. The van der Waals surface area contributed by atoms with Gasteiger partial charge in [-0.1, -0.05) is 30.9 Å². The fraction of sp³-hybridized carbons (Fsp3) is 0.500. The van der Waals surface area contributed by atoms with Crippen LogP contribution in [0.15, 0.2) is 18.2 Å². The Morgan fingerprint density at radius 2 is 1.86 bits per heavy atom. The molecule has 0 aromatic heterocycles. The molecule has 120 valence electrons. The van der Waals surface area contributed by atoms with Gasteiger partial charge in [-0.3, -0.25) is 9.59 Å². The van der Waals surface area contributed by atoms with Crippen LogP contribution in [0.5, 0.6) is 0 Å². The molecule has 0 heterocycles. The molecule has 1 fully saturated rings. The lowest BCUT2D eigenvalue weighted by atomic mass is 9.82. The van der Waals surface area contributed by atoms with Crippen LogP contribution in [0.3, 0.4) is 0 Å². The molecule has 2 rings (SSSR count). The summed E-state index contributed by atoms with van der Waals surface area (Å²) in [7, 11) is 0. The maximum atomic E-state index is 12.2. The van der Waals surface area contributed by atoms with Crippen LogP contribution in [0.2, 0.25) is 5.02 Å². The van der Waals surface area contributed by atoms with E-state index in [4.69, 9.17) is 11.6 Å². The van der Waals surface area contributed by atoms with Gasteiger partial charge in [0.05, 0.1) is 23.4 Å². The normalized spacial score (nSPS) is 16.9. The molecule has 1 aliphatic carbocycles. The Hall–Kier alpha value is -1.59. The highest BCUT2D eigenvalue weighted by molar-refractivity contribution is 6.31. The van der Waals surface area contributed by atoms with Gasteiger partial charge in [0.25, 0.3) is 0 Å². The summed E-state index contributed by atoms with van der Waals surface area (Å²) >= 11 is 5.91. The molecule has 1 saturated carbocycles. The zero-order valence-corrected chi connectivity index (χ0v) is 13.4. The smallest absolute Gasteiger partial charge is 0.227 e. The van der Waals surface area contributed by atoms with Gasteiger partial charge in [0.1, 0.15) is 0 Å². The molecule has 6 heteroatoms. The SMILES string of the molecule is CC(=O)Nc1cc(Cl)ccc1NC(=O)CC1(O)CCCCC1. The van der Waals surface area contributed by atoms with Gasteiger partial charge in [0.15, 0.2) is 0 Å². The highest BCUT2D eigenvalue weighted by Gasteiger charge is 2.31. The summed E-state index contributed by atoms with van der Waals surface area (Å²) < 4.78 is 0. The molecule has 1 aromatic rings. The summed E-state index contributed by atoms with van der Waals surface area (Å²) in [6.07, 6.45) is 4.37. The Morgan fingerprint density at radius 3 is 2.50 bits per heavy atom. The average molecular weight is 325 g/mol. The van der Waals surface area contributed by atoms with Crippen molar-refractivity contribution in [2.24, 2.45) is 0 Å². The highest BCUT2D eigenvalue weighted by Crippen LogP contribution is 2.32. The molecule has 0 aliphatic heterocycles. The van der Waals surface area contributed by atoms with Crippen molar-refractivity contribution in [3.8, 4) is 0 Å². The summed E-state index contributed by atoms with van der Waals surface area (Å²) in [6.45, 7) is 1.39. The van der Waals surface area contributed by atoms with Crippen LogP contribution in [0.4, 0.5) is 11.4 Å². The Balaban J connectivity index is 2.06. The first-order chi connectivity index (χ1) is 10.4. The van der Waals surface area contributed by atoms with E-state index < -0.39 is 5.60 Å². The van der Waals surface area contributed by atoms with Crippen LogP contribution >= 0.6 is 11.6 Å². The van der Waals surface area contributed by atoms with Crippen molar-refractivity contribution in [1.29, 1.82) is 0 Å². The third-order valence-electron chi connectivity index (χ3n) is 3.84. The number of hydrogen-bond donors (Lipinski definition) is 3. The second kappa shape index (κ2) is 7.11. The van der Waals surface area contributed by atoms with Crippen LogP contribution < -0.4 is 10.6 Å². The Kier molecular flexibility index (Phi) is 5.42. The number of carbonyl (C=O) groups excluding carboxylic acids is 2. The van der Waals surface area contributed by atoms with Crippen molar-refractivity contribution in [3.63, 3.8) is 0 Å². The molecule has 5 nitrogen and oxygen atoms in total. The minimum Gasteiger partial charge on any atom is -0.389 e. The number of amides is 2. The van der Waals surface area contributed by atoms with Crippen LogP contribution in [-0.2, 0) is 9.59 Å². The van der Waals surface area contributed by atoms with Crippen LogP contribution in [-0.4, -0.2) is 22.5 Å². The number of nitrogens with one attached hydrogen (secondary N) is 2. The van der Waals surface area contributed by atoms with Crippen molar-refractivity contribution in [1.82, 2.24) is 0 Å². The molecule has 3 N–H and O–H groups in total. The zero-order chi connectivity index (χ0) is 16.2. The van der Waals surface area contributed by atoms with E-state index in [0.717, 1.165) is 19.3 Å². The van der Waals surface area contributed by atoms with E-state index in [1.54, 1.807) is 18.2 Å². The van der Waals surface area contributed by atoms with Crippen molar-refractivity contribution in [2.75, 3.05) is 10.6 Å². The van der Waals surface area contributed by atoms with Gasteiger partial charge in [-0.15, -0.1) is 0 Å². The number of halogens is 1. The van der Waals surface area contributed by atoms with E-state index in [-0.39, 0.29) is 18.2 Å². The monoisotopic (exact) mass is 324 g/mol. The second-order valence-corrected chi connectivity index (χ2v) is 6.32. The van der Waals surface area contributed by atoms with Crippen molar-refractivity contribution in [2.45, 2.75) is 51.0 Å². The number of rotatable bonds is 4. The number of anilines is 2. The molecule has 0 saturated heterocycles. The maximum absolute atomic E-state index is 12.2. The van der Waals surface area contributed by atoms with Gasteiger partial charge in [-0.25, -0.2) is 0 Å².